The van der Waals surface area contributed by atoms with E-state index in [1.54, 1.807) is 6.92 Å². The maximum atomic E-state index is 13.9. The van der Waals surface area contributed by atoms with Crippen LogP contribution in [0.5, 0.6) is 11.5 Å². The Morgan fingerprint density at radius 1 is 1.33 bits per heavy atom. The Balaban J connectivity index is 2.47. The van der Waals surface area contributed by atoms with E-state index in [0.717, 1.165) is 0 Å². The molecule has 0 spiro atoms. The lowest BCUT2D eigenvalue weighted by Crippen LogP contribution is -2.00. The van der Waals surface area contributed by atoms with Crippen molar-refractivity contribution in [2.24, 2.45) is 0 Å². The van der Waals surface area contributed by atoms with Gasteiger partial charge in [0.2, 0.25) is 0 Å². The summed E-state index contributed by atoms with van der Waals surface area (Å²) in [4.78, 5) is 10.2. The van der Waals surface area contributed by atoms with Gasteiger partial charge in [0.05, 0.1) is 17.1 Å². The van der Waals surface area contributed by atoms with Gasteiger partial charge in [0.1, 0.15) is 5.75 Å². The number of aliphatic hydroxyl groups is 1. The number of nitrogens with zero attached hydrogens (tertiary/aromatic N) is 1. The summed E-state index contributed by atoms with van der Waals surface area (Å²) in [6.07, 6.45) is -0.922. The second-order valence-electron chi connectivity index (χ2n) is 4.64. The molecule has 6 heteroatoms. The summed E-state index contributed by atoms with van der Waals surface area (Å²) in [5.41, 5.74) is 0.756. The minimum absolute atomic E-state index is 0.129. The molecule has 0 amide bonds. The number of aryl methyl sites for hydroxylation is 1. The Morgan fingerprint density at radius 2 is 2.05 bits per heavy atom. The van der Waals surface area contributed by atoms with Crippen molar-refractivity contribution in [1.29, 1.82) is 0 Å². The molecule has 5 nitrogen and oxygen atoms in total. The quantitative estimate of drug-likeness (QED) is 0.685. The third-order valence-electron chi connectivity index (χ3n) is 3.04. The molecule has 0 unspecified atom stereocenters. The van der Waals surface area contributed by atoms with Crippen LogP contribution in [0.15, 0.2) is 36.4 Å². The minimum Gasteiger partial charge on any atom is -0.453 e. The molecule has 1 atom stereocenters. The molecule has 0 aromatic heterocycles. The number of aliphatic hydroxyl groups excluding tert-OH is 1. The SMILES string of the molecule is Cc1ccc([N+](=O)[O-])cc1Oc1c(F)cccc1[C@H](C)O. The fourth-order valence-electron chi connectivity index (χ4n) is 1.88. The molecule has 2 rings (SSSR count). The summed E-state index contributed by atoms with van der Waals surface area (Å²) in [5, 5.41) is 20.5. The van der Waals surface area contributed by atoms with Crippen LogP contribution in [0, 0.1) is 22.9 Å². The van der Waals surface area contributed by atoms with Crippen molar-refractivity contribution in [3.63, 3.8) is 0 Å². The van der Waals surface area contributed by atoms with Crippen LogP contribution >= 0.6 is 0 Å². The van der Waals surface area contributed by atoms with Crippen LogP contribution < -0.4 is 4.74 Å². The fraction of sp³-hybridized carbons (Fsp3) is 0.200. The monoisotopic (exact) mass is 291 g/mol. The van der Waals surface area contributed by atoms with Crippen LogP contribution in [0.25, 0.3) is 0 Å². The first-order valence-corrected chi connectivity index (χ1v) is 6.29. The summed E-state index contributed by atoms with van der Waals surface area (Å²) in [5.74, 6) is -0.591. The Hall–Kier alpha value is -2.47. The number of ether oxygens (including phenoxy) is 1. The molecule has 0 aliphatic heterocycles. The van der Waals surface area contributed by atoms with E-state index < -0.39 is 16.8 Å². The average molecular weight is 291 g/mol. The summed E-state index contributed by atoms with van der Waals surface area (Å²) in [6, 6.07) is 8.30. The van der Waals surface area contributed by atoms with Gasteiger partial charge >= 0.3 is 0 Å². The zero-order valence-corrected chi connectivity index (χ0v) is 11.5. The number of nitro groups is 1. The van der Waals surface area contributed by atoms with Crippen molar-refractivity contribution in [3.8, 4) is 11.5 Å². The van der Waals surface area contributed by atoms with E-state index in [-0.39, 0.29) is 22.7 Å². The van der Waals surface area contributed by atoms with Gasteiger partial charge in [0.15, 0.2) is 11.6 Å². The highest BCUT2D eigenvalue weighted by Gasteiger charge is 2.17. The number of halogens is 1. The van der Waals surface area contributed by atoms with Crippen LogP contribution in [-0.4, -0.2) is 10.0 Å². The molecule has 1 N–H and O–H groups in total. The van der Waals surface area contributed by atoms with Gasteiger partial charge in [-0.2, -0.15) is 0 Å². The largest absolute Gasteiger partial charge is 0.453 e. The topological polar surface area (TPSA) is 72.6 Å². The molecule has 0 bridgehead atoms. The lowest BCUT2D eigenvalue weighted by Gasteiger charge is -2.15. The van der Waals surface area contributed by atoms with Crippen LogP contribution in [0.4, 0.5) is 10.1 Å². The van der Waals surface area contributed by atoms with Gasteiger partial charge in [-0.25, -0.2) is 4.39 Å². The predicted molar refractivity (Wildman–Crippen MR) is 74.9 cm³/mol. The van der Waals surface area contributed by atoms with E-state index in [4.69, 9.17) is 4.74 Å². The van der Waals surface area contributed by atoms with Gasteiger partial charge < -0.3 is 9.84 Å². The molecule has 110 valence electrons. The maximum absolute atomic E-state index is 13.9. The molecule has 0 saturated heterocycles. The van der Waals surface area contributed by atoms with Gasteiger partial charge in [-0.15, -0.1) is 0 Å². The van der Waals surface area contributed by atoms with Crippen LogP contribution in [0.2, 0.25) is 0 Å². The highest BCUT2D eigenvalue weighted by Crippen LogP contribution is 2.35. The van der Waals surface area contributed by atoms with E-state index in [9.17, 15) is 19.6 Å². The zero-order chi connectivity index (χ0) is 15.6. The minimum atomic E-state index is -0.922. The Kier molecular flexibility index (Phi) is 4.18. The predicted octanol–water partition coefficient (Wildman–Crippen LogP) is 3.89. The van der Waals surface area contributed by atoms with Gasteiger partial charge in [-0.05, 0) is 31.5 Å². The van der Waals surface area contributed by atoms with Gasteiger partial charge in [-0.3, -0.25) is 10.1 Å². The summed E-state index contributed by atoms with van der Waals surface area (Å²) in [7, 11) is 0. The molecule has 21 heavy (non-hydrogen) atoms. The standard InChI is InChI=1S/C15H14FNO4/c1-9-6-7-11(17(19)20)8-14(9)21-15-12(10(2)18)4-3-5-13(15)16/h3-8,10,18H,1-2H3/t10-/m0/s1. The Bertz CT molecular complexity index is 685. The highest BCUT2D eigenvalue weighted by molar-refractivity contribution is 5.47. The number of rotatable bonds is 4. The number of hydrogen-bond acceptors (Lipinski definition) is 4. The van der Waals surface area contributed by atoms with E-state index in [0.29, 0.717) is 5.56 Å². The zero-order valence-electron chi connectivity index (χ0n) is 11.5. The Labute approximate surface area is 120 Å². The summed E-state index contributed by atoms with van der Waals surface area (Å²) < 4.78 is 19.4. The third kappa shape index (κ3) is 3.17. The molecule has 0 radical (unpaired) electrons. The summed E-state index contributed by atoms with van der Waals surface area (Å²) in [6.45, 7) is 3.18. The van der Waals surface area contributed by atoms with Crippen molar-refractivity contribution in [2.45, 2.75) is 20.0 Å². The number of hydrogen-bond donors (Lipinski definition) is 1. The van der Waals surface area contributed by atoms with Crippen molar-refractivity contribution in [1.82, 2.24) is 0 Å². The molecule has 2 aromatic carbocycles. The number of benzene rings is 2. The molecule has 0 fully saturated rings. The molecule has 0 saturated carbocycles. The first-order chi connectivity index (χ1) is 9.90. The average Bonchev–Trinajstić information content (AvgIpc) is 2.42. The molecule has 0 aliphatic rings. The fourth-order valence-corrected chi connectivity index (χ4v) is 1.88. The van der Waals surface area contributed by atoms with E-state index in [1.807, 2.05) is 0 Å². The van der Waals surface area contributed by atoms with Crippen molar-refractivity contribution < 1.29 is 19.2 Å². The van der Waals surface area contributed by atoms with Crippen LogP contribution in [0.1, 0.15) is 24.2 Å². The second-order valence-corrected chi connectivity index (χ2v) is 4.64. The first kappa shape index (κ1) is 14.9. The number of nitro benzene ring substituents is 1. The van der Waals surface area contributed by atoms with Crippen molar-refractivity contribution in [2.75, 3.05) is 0 Å². The number of non-ortho nitro benzene ring substituents is 1. The van der Waals surface area contributed by atoms with Gasteiger partial charge in [0, 0.05) is 11.6 Å². The van der Waals surface area contributed by atoms with Crippen molar-refractivity contribution >= 4 is 5.69 Å². The normalized spacial score (nSPS) is 12.0. The van der Waals surface area contributed by atoms with Crippen LogP contribution in [-0.2, 0) is 0 Å². The first-order valence-electron chi connectivity index (χ1n) is 6.29. The van der Waals surface area contributed by atoms with E-state index in [2.05, 4.69) is 0 Å². The lowest BCUT2D eigenvalue weighted by molar-refractivity contribution is -0.384. The second kappa shape index (κ2) is 5.88. The summed E-state index contributed by atoms with van der Waals surface area (Å²) >= 11 is 0. The van der Waals surface area contributed by atoms with Crippen molar-refractivity contribution in [3.05, 3.63) is 63.5 Å². The molecular weight excluding hydrogens is 277 g/mol. The number of para-hydroxylation sites is 1. The third-order valence-corrected chi connectivity index (χ3v) is 3.04. The molecule has 2 aromatic rings. The van der Waals surface area contributed by atoms with Gasteiger partial charge in [-0.1, -0.05) is 12.1 Å². The smallest absolute Gasteiger partial charge is 0.273 e. The van der Waals surface area contributed by atoms with E-state index >= 15 is 0 Å². The molecular formula is C15H14FNO4. The molecule has 0 aliphatic carbocycles. The Morgan fingerprint density at radius 3 is 2.67 bits per heavy atom. The highest BCUT2D eigenvalue weighted by atomic mass is 19.1. The lowest BCUT2D eigenvalue weighted by atomic mass is 10.1. The van der Waals surface area contributed by atoms with Gasteiger partial charge in [0.25, 0.3) is 5.69 Å². The maximum Gasteiger partial charge on any atom is 0.273 e. The van der Waals surface area contributed by atoms with E-state index in [1.165, 1.54) is 43.3 Å². The van der Waals surface area contributed by atoms with Crippen LogP contribution in [0.3, 0.4) is 0 Å². The molecule has 0 heterocycles.